The molecule has 2 atom stereocenters. The van der Waals surface area contributed by atoms with Gasteiger partial charge in [0.2, 0.25) is 10.0 Å². The molecule has 0 heterocycles. The second-order valence-electron chi connectivity index (χ2n) is 5.28. The molecular weight excluding hydrogens is 310 g/mol. The Morgan fingerprint density at radius 2 is 2.00 bits per heavy atom. The lowest BCUT2D eigenvalue weighted by molar-refractivity contribution is 0.456. The van der Waals surface area contributed by atoms with Crippen molar-refractivity contribution in [2.75, 3.05) is 0 Å². The average molecular weight is 328 g/mol. The summed E-state index contributed by atoms with van der Waals surface area (Å²) in [6, 6.07) is 5.58. The highest BCUT2D eigenvalue weighted by molar-refractivity contribution is 7.89. The summed E-state index contributed by atoms with van der Waals surface area (Å²) in [4.78, 5) is -0.0889. The number of nitrogens with two attached hydrogens (primary N) is 1. The summed E-state index contributed by atoms with van der Waals surface area (Å²) in [5.41, 5.74) is 6.12. The molecule has 5 nitrogen and oxygen atoms in total. The van der Waals surface area contributed by atoms with Gasteiger partial charge in [-0.2, -0.15) is 5.26 Å². The van der Waals surface area contributed by atoms with Crippen LogP contribution in [0.3, 0.4) is 0 Å². The van der Waals surface area contributed by atoms with Gasteiger partial charge in [-0.1, -0.05) is 30.9 Å². The van der Waals surface area contributed by atoms with Gasteiger partial charge in [-0.3, -0.25) is 0 Å². The maximum atomic E-state index is 12.5. The van der Waals surface area contributed by atoms with Crippen molar-refractivity contribution in [3.63, 3.8) is 0 Å². The van der Waals surface area contributed by atoms with E-state index in [-0.39, 0.29) is 27.6 Å². The molecule has 0 spiro atoms. The molecule has 0 radical (unpaired) electrons. The van der Waals surface area contributed by atoms with Crippen molar-refractivity contribution in [2.24, 2.45) is 5.73 Å². The third kappa shape index (κ3) is 3.95. The van der Waals surface area contributed by atoms with Crippen molar-refractivity contribution in [3.8, 4) is 6.07 Å². The van der Waals surface area contributed by atoms with Crippen LogP contribution in [0.4, 0.5) is 0 Å². The maximum absolute atomic E-state index is 12.5. The molecule has 3 N–H and O–H groups in total. The van der Waals surface area contributed by atoms with E-state index in [0.29, 0.717) is 6.42 Å². The molecule has 1 aliphatic rings. The second-order valence-corrected chi connectivity index (χ2v) is 7.40. The lowest BCUT2D eigenvalue weighted by Crippen LogP contribution is -2.46. The van der Waals surface area contributed by atoms with Crippen LogP contribution in [-0.4, -0.2) is 20.5 Å². The van der Waals surface area contributed by atoms with E-state index in [9.17, 15) is 8.42 Å². The highest BCUT2D eigenvalue weighted by atomic mass is 35.5. The average Bonchev–Trinajstić information content (AvgIpc) is 2.64. The molecule has 21 heavy (non-hydrogen) atoms. The van der Waals surface area contributed by atoms with Crippen LogP contribution in [0.15, 0.2) is 23.1 Å². The Bertz CT molecular complexity index is 655. The molecule has 0 amide bonds. The van der Waals surface area contributed by atoms with Crippen LogP contribution in [0.5, 0.6) is 0 Å². The van der Waals surface area contributed by atoms with Gasteiger partial charge in [-0.05, 0) is 31.0 Å². The highest BCUT2D eigenvalue weighted by Gasteiger charge is 2.27. The Balaban J connectivity index is 2.30. The second kappa shape index (κ2) is 6.75. The van der Waals surface area contributed by atoms with Gasteiger partial charge >= 0.3 is 0 Å². The molecule has 1 aromatic carbocycles. The molecule has 1 aromatic rings. The van der Waals surface area contributed by atoms with E-state index < -0.39 is 10.0 Å². The van der Waals surface area contributed by atoms with Gasteiger partial charge in [0.1, 0.15) is 11.0 Å². The predicted octanol–water partition coefficient (Wildman–Crippen LogP) is 2.15. The number of halogens is 1. The summed E-state index contributed by atoms with van der Waals surface area (Å²) in [6.45, 7) is 0. The van der Waals surface area contributed by atoms with E-state index in [1.807, 2.05) is 6.07 Å². The molecule has 0 aromatic heterocycles. The van der Waals surface area contributed by atoms with Crippen LogP contribution in [-0.2, 0) is 10.0 Å². The van der Waals surface area contributed by atoms with Crippen molar-refractivity contribution < 1.29 is 8.42 Å². The highest BCUT2D eigenvalue weighted by Crippen LogP contribution is 2.23. The summed E-state index contributed by atoms with van der Waals surface area (Å²) >= 11 is 5.85. The Hall–Kier alpha value is -1.13. The zero-order valence-electron chi connectivity index (χ0n) is 11.5. The molecule has 1 aliphatic carbocycles. The number of nitriles is 1. The van der Waals surface area contributed by atoms with Crippen LogP contribution in [0, 0.1) is 11.3 Å². The van der Waals surface area contributed by atoms with E-state index in [4.69, 9.17) is 22.6 Å². The van der Waals surface area contributed by atoms with Gasteiger partial charge in [0.25, 0.3) is 0 Å². The summed E-state index contributed by atoms with van der Waals surface area (Å²) in [6.07, 6.45) is 4.53. The van der Waals surface area contributed by atoms with E-state index in [1.54, 1.807) is 0 Å². The van der Waals surface area contributed by atoms with E-state index in [1.165, 1.54) is 18.2 Å². The third-order valence-corrected chi connectivity index (χ3v) is 5.49. The standard InChI is InChI=1S/C14H18ClN3O2S/c15-11-7-6-10(9-16)14(8-11)21(19,20)18-13-5-3-1-2-4-12(13)17/h6-8,12-13,18H,1-5,17H2. The molecule has 7 heteroatoms. The van der Waals surface area contributed by atoms with E-state index in [0.717, 1.165) is 25.7 Å². The number of hydrogen-bond acceptors (Lipinski definition) is 4. The fourth-order valence-corrected chi connectivity index (χ4v) is 4.30. The van der Waals surface area contributed by atoms with Crippen LogP contribution in [0.25, 0.3) is 0 Å². The lowest BCUT2D eigenvalue weighted by atomic mass is 10.1. The van der Waals surface area contributed by atoms with Gasteiger partial charge < -0.3 is 5.73 Å². The first kappa shape index (κ1) is 16.2. The first-order chi connectivity index (χ1) is 9.94. The summed E-state index contributed by atoms with van der Waals surface area (Å²) in [5.74, 6) is 0. The van der Waals surface area contributed by atoms with Crippen molar-refractivity contribution in [2.45, 2.75) is 49.1 Å². The third-order valence-electron chi connectivity index (χ3n) is 3.73. The number of nitrogens with one attached hydrogen (secondary N) is 1. The predicted molar refractivity (Wildman–Crippen MR) is 81.3 cm³/mol. The number of benzene rings is 1. The molecule has 2 rings (SSSR count). The zero-order chi connectivity index (χ0) is 15.5. The summed E-state index contributed by atoms with van der Waals surface area (Å²) in [5, 5.41) is 9.34. The monoisotopic (exact) mass is 327 g/mol. The van der Waals surface area contributed by atoms with Crippen LogP contribution < -0.4 is 10.5 Å². The largest absolute Gasteiger partial charge is 0.326 e. The zero-order valence-corrected chi connectivity index (χ0v) is 13.1. The first-order valence-electron chi connectivity index (χ1n) is 6.91. The minimum Gasteiger partial charge on any atom is -0.326 e. The molecule has 1 saturated carbocycles. The fraction of sp³-hybridized carbons (Fsp3) is 0.500. The minimum atomic E-state index is -3.81. The summed E-state index contributed by atoms with van der Waals surface area (Å²) in [7, 11) is -3.81. The fourth-order valence-electron chi connectivity index (χ4n) is 2.56. The topological polar surface area (TPSA) is 96.0 Å². The SMILES string of the molecule is N#Cc1ccc(Cl)cc1S(=O)(=O)NC1CCCCCC1N. The van der Waals surface area contributed by atoms with Crippen LogP contribution in [0.2, 0.25) is 5.02 Å². The molecule has 0 aliphatic heterocycles. The van der Waals surface area contributed by atoms with Crippen LogP contribution in [0.1, 0.15) is 37.7 Å². The van der Waals surface area contributed by atoms with Crippen molar-refractivity contribution in [1.29, 1.82) is 5.26 Å². The number of rotatable bonds is 3. The number of nitrogens with zero attached hydrogens (tertiary/aromatic N) is 1. The van der Waals surface area contributed by atoms with Gasteiger partial charge in [0.15, 0.2) is 0 Å². The van der Waals surface area contributed by atoms with Crippen molar-refractivity contribution >= 4 is 21.6 Å². The Morgan fingerprint density at radius 1 is 1.29 bits per heavy atom. The van der Waals surface area contributed by atoms with Crippen molar-refractivity contribution in [1.82, 2.24) is 4.72 Å². The van der Waals surface area contributed by atoms with Gasteiger partial charge in [-0.15, -0.1) is 0 Å². The molecule has 114 valence electrons. The normalized spacial score (nSPS) is 23.3. The Kier molecular flexibility index (Phi) is 5.22. The van der Waals surface area contributed by atoms with E-state index >= 15 is 0 Å². The van der Waals surface area contributed by atoms with Crippen LogP contribution >= 0.6 is 11.6 Å². The smallest absolute Gasteiger partial charge is 0.242 e. The summed E-state index contributed by atoms with van der Waals surface area (Å²) < 4.78 is 27.7. The molecule has 2 unspecified atom stereocenters. The van der Waals surface area contributed by atoms with Gasteiger partial charge in [-0.25, -0.2) is 13.1 Å². The quantitative estimate of drug-likeness (QED) is 0.831. The number of sulfonamides is 1. The Morgan fingerprint density at radius 3 is 2.71 bits per heavy atom. The minimum absolute atomic E-state index is 0.0779. The van der Waals surface area contributed by atoms with E-state index in [2.05, 4.69) is 4.72 Å². The van der Waals surface area contributed by atoms with Crippen molar-refractivity contribution in [3.05, 3.63) is 28.8 Å². The number of hydrogen-bond donors (Lipinski definition) is 2. The Labute approximate surface area is 130 Å². The first-order valence-corrected chi connectivity index (χ1v) is 8.78. The van der Waals surface area contributed by atoms with Gasteiger partial charge in [0, 0.05) is 17.1 Å². The molecule has 0 saturated heterocycles. The molecular formula is C14H18ClN3O2S. The molecule has 0 bridgehead atoms. The maximum Gasteiger partial charge on any atom is 0.242 e. The lowest BCUT2D eigenvalue weighted by Gasteiger charge is -2.22. The van der Waals surface area contributed by atoms with Gasteiger partial charge in [0.05, 0.1) is 5.56 Å². The molecule has 1 fully saturated rings.